The zero-order chi connectivity index (χ0) is 24.8. The molecule has 0 aliphatic carbocycles. The number of pyridine rings is 1. The number of aromatic nitrogens is 1. The molecule has 1 amide bonds. The Bertz CT molecular complexity index is 1240. The summed E-state index contributed by atoms with van der Waals surface area (Å²) in [4.78, 5) is 21.8. The van der Waals surface area contributed by atoms with Gasteiger partial charge in [0.25, 0.3) is 5.91 Å². The third-order valence-electron chi connectivity index (χ3n) is 6.37. The van der Waals surface area contributed by atoms with E-state index in [2.05, 4.69) is 28.9 Å². The van der Waals surface area contributed by atoms with Gasteiger partial charge in [0.15, 0.2) is 0 Å². The Morgan fingerprint density at radius 2 is 1.60 bits per heavy atom. The molecular weight excluding hydrogens is 460 g/mol. The lowest BCUT2D eigenvalue weighted by Gasteiger charge is -2.31. The predicted octanol–water partition coefficient (Wildman–Crippen LogP) is 3.42. The minimum absolute atomic E-state index is 0.154. The van der Waals surface area contributed by atoms with E-state index in [1.165, 1.54) is 15.9 Å². The Balaban J connectivity index is 1.60. The highest BCUT2D eigenvalue weighted by molar-refractivity contribution is 7.89. The van der Waals surface area contributed by atoms with Crippen molar-refractivity contribution in [1.82, 2.24) is 19.1 Å². The fourth-order valence-electron chi connectivity index (χ4n) is 4.16. The number of hydrogen-bond donors (Lipinski definition) is 0. The van der Waals surface area contributed by atoms with E-state index in [-0.39, 0.29) is 10.8 Å². The monoisotopic (exact) mass is 492 g/mol. The number of nitrogens with zero attached hydrogens (tertiary/aromatic N) is 4. The van der Waals surface area contributed by atoms with E-state index in [1.54, 1.807) is 35.5 Å². The minimum Gasteiger partial charge on any atom is -0.330 e. The summed E-state index contributed by atoms with van der Waals surface area (Å²) < 4.78 is 28.0. The van der Waals surface area contributed by atoms with Gasteiger partial charge in [-0.05, 0) is 54.4 Å². The number of hydrogen-bond acceptors (Lipinski definition) is 5. The lowest BCUT2D eigenvalue weighted by atomic mass is 10.1. The molecule has 7 nitrogen and oxygen atoms in total. The van der Waals surface area contributed by atoms with E-state index in [9.17, 15) is 13.2 Å². The summed E-state index contributed by atoms with van der Waals surface area (Å²) in [5.74, 6) is -0.219. The molecule has 0 unspecified atom stereocenters. The molecule has 0 atom stereocenters. The van der Waals surface area contributed by atoms with Crippen molar-refractivity contribution in [1.29, 1.82) is 0 Å². The first-order valence-electron chi connectivity index (χ1n) is 11.9. The second-order valence-electron chi connectivity index (χ2n) is 8.93. The number of aryl methyl sites for hydroxylation is 1. The van der Waals surface area contributed by atoms with Crippen LogP contribution in [0.4, 0.5) is 0 Å². The molecule has 1 saturated heterocycles. The molecule has 0 spiro atoms. The fraction of sp³-hybridized carbons (Fsp3) is 0.333. The Labute approximate surface area is 208 Å². The van der Waals surface area contributed by atoms with Gasteiger partial charge < -0.3 is 9.80 Å². The van der Waals surface area contributed by atoms with Gasteiger partial charge in [0.2, 0.25) is 10.0 Å². The summed E-state index contributed by atoms with van der Waals surface area (Å²) in [5.41, 5.74) is 3.52. The van der Waals surface area contributed by atoms with Crippen molar-refractivity contribution in [3.05, 3.63) is 95.3 Å². The Hall–Kier alpha value is -3.07. The van der Waals surface area contributed by atoms with Crippen LogP contribution >= 0.6 is 0 Å². The minimum atomic E-state index is -3.67. The van der Waals surface area contributed by atoms with Gasteiger partial charge in [0.05, 0.1) is 4.90 Å². The van der Waals surface area contributed by atoms with Crippen LogP contribution in [0.5, 0.6) is 0 Å². The largest absolute Gasteiger partial charge is 0.330 e. The summed E-state index contributed by atoms with van der Waals surface area (Å²) >= 11 is 0. The summed E-state index contributed by atoms with van der Waals surface area (Å²) in [5, 5.41) is 0. The molecule has 8 heteroatoms. The maximum Gasteiger partial charge on any atom is 0.254 e. The Morgan fingerprint density at radius 1 is 0.914 bits per heavy atom. The van der Waals surface area contributed by atoms with Gasteiger partial charge in [0, 0.05) is 57.2 Å². The molecule has 35 heavy (non-hydrogen) atoms. The van der Waals surface area contributed by atoms with Crippen LogP contribution in [0.25, 0.3) is 0 Å². The average Bonchev–Trinajstić information content (AvgIpc) is 2.89. The molecule has 0 N–H and O–H groups in total. The van der Waals surface area contributed by atoms with E-state index in [0.29, 0.717) is 44.8 Å². The molecule has 2 heterocycles. The van der Waals surface area contributed by atoms with Crippen molar-refractivity contribution in [3.63, 3.8) is 0 Å². The quantitative estimate of drug-likeness (QED) is 0.482. The number of likely N-dealkylation sites (N-methyl/N-ethyl adjacent to an activating group) is 1. The van der Waals surface area contributed by atoms with Crippen molar-refractivity contribution in [3.8, 4) is 0 Å². The zero-order valence-corrected chi connectivity index (χ0v) is 21.1. The van der Waals surface area contributed by atoms with Gasteiger partial charge in [0.1, 0.15) is 0 Å². The van der Waals surface area contributed by atoms with E-state index in [4.69, 9.17) is 0 Å². The van der Waals surface area contributed by atoms with Crippen molar-refractivity contribution in [2.24, 2.45) is 0 Å². The van der Waals surface area contributed by atoms with E-state index >= 15 is 0 Å². The third-order valence-corrected chi connectivity index (χ3v) is 8.26. The predicted molar refractivity (Wildman–Crippen MR) is 136 cm³/mol. The van der Waals surface area contributed by atoms with Crippen molar-refractivity contribution in [2.75, 3.05) is 33.2 Å². The standard InChI is InChI=1S/C27H32N4O3S/c1-3-22-9-11-23(12-10-22)20-30(21-24-6-5-13-28-19-24)27(32)25-7-4-8-26(18-25)35(33,34)31-16-14-29(2)15-17-31/h4-13,18-19H,3,14-17,20-21H2,1-2H3. The molecule has 1 aliphatic rings. The average molecular weight is 493 g/mol. The molecular formula is C27H32N4O3S. The lowest BCUT2D eigenvalue weighted by Crippen LogP contribution is -2.47. The SMILES string of the molecule is CCc1ccc(CN(Cc2cccnc2)C(=O)c2cccc(S(=O)(=O)N3CCN(C)CC3)c2)cc1. The Kier molecular flexibility index (Phi) is 7.95. The number of sulfonamides is 1. The number of carbonyl (C=O) groups excluding carboxylic acids is 1. The van der Waals surface area contributed by atoms with Gasteiger partial charge >= 0.3 is 0 Å². The molecule has 4 rings (SSSR count). The summed E-state index contributed by atoms with van der Waals surface area (Å²) in [6, 6.07) is 18.4. The summed E-state index contributed by atoms with van der Waals surface area (Å²) in [6.45, 7) is 5.15. The first-order chi connectivity index (χ1) is 16.9. The molecule has 0 saturated carbocycles. The van der Waals surface area contributed by atoms with E-state index < -0.39 is 10.0 Å². The second-order valence-corrected chi connectivity index (χ2v) is 10.9. The van der Waals surface area contributed by atoms with Gasteiger partial charge in [-0.15, -0.1) is 0 Å². The van der Waals surface area contributed by atoms with Crippen molar-refractivity contribution in [2.45, 2.75) is 31.3 Å². The highest BCUT2D eigenvalue weighted by Crippen LogP contribution is 2.21. The maximum atomic E-state index is 13.7. The number of piperazine rings is 1. The molecule has 2 aromatic carbocycles. The van der Waals surface area contributed by atoms with Crippen LogP contribution < -0.4 is 0 Å². The van der Waals surface area contributed by atoms with Crippen LogP contribution in [0.15, 0.2) is 78.0 Å². The summed E-state index contributed by atoms with van der Waals surface area (Å²) in [6.07, 6.45) is 4.40. The highest BCUT2D eigenvalue weighted by atomic mass is 32.2. The highest BCUT2D eigenvalue weighted by Gasteiger charge is 2.28. The molecule has 3 aromatic rings. The van der Waals surface area contributed by atoms with Gasteiger partial charge in [-0.1, -0.05) is 43.3 Å². The molecule has 1 aliphatic heterocycles. The normalized spacial score (nSPS) is 15.1. The van der Waals surface area contributed by atoms with Crippen LogP contribution in [-0.4, -0.2) is 66.6 Å². The fourth-order valence-corrected chi connectivity index (χ4v) is 5.63. The van der Waals surface area contributed by atoms with E-state index in [1.807, 2.05) is 31.3 Å². The van der Waals surface area contributed by atoms with Crippen LogP contribution in [0.2, 0.25) is 0 Å². The zero-order valence-electron chi connectivity index (χ0n) is 20.3. The number of carbonyl (C=O) groups is 1. The topological polar surface area (TPSA) is 73.8 Å². The van der Waals surface area contributed by atoms with Gasteiger partial charge in [-0.25, -0.2) is 8.42 Å². The molecule has 1 aromatic heterocycles. The van der Waals surface area contributed by atoms with Gasteiger partial charge in [-0.3, -0.25) is 9.78 Å². The van der Waals surface area contributed by atoms with Crippen LogP contribution in [-0.2, 0) is 29.5 Å². The first kappa shape index (κ1) is 25.0. The third kappa shape index (κ3) is 6.14. The first-order valence-corrected chi connectivity index (χ1v) is 13.4. The number of rotatable bonds is 8. The summed E-state index contributed by atoms with van der Waals surface area (Å²) in [7, 11) is -1.68. The van der Waals surface area contributed by atoms with E-state index in [0.717, 1.165) is 17.5 Å². The van der Waals surface area contributed by atoms with Crippen LogP contribution in [0.3, 0.4) is 0 Å². The number of amides is 1. The Morgan fingerprint density at radius 3 is 2.26 bits per heavy atom. The van der Waals surface area contributed by atoms with Crippen molar-refractivity contribution < 1.29 is 13.2 Å². The van der Waals surface area contributed by atoms with Crippen LogP contribution in [0, 0.1) is 0 Å². The van der Waals surface area contributed by atoms with Crippen molar-refractivity contribution >= 4 is 15.9 Å². The second kappa shape index (κ2) is 11.1. The molecule has 1 fully saturated rings. The smallest absolute Gasteiger partial charge is 0.254 e. The number of benzene rings is 2. The van der Waals surface area contributed by atoms with Gasteiger partial charge in [-0.2, -0.15) is 4.31 Å². The molecule has 0 radical (unpaired) electrons. The van der Waals surface area contributed by atoms with Crippen LogP contribution in [0.1, 0.15) is 34.0 Å². The lowest BCUT2D eigenvalue weighted by molar-refractivity contribution is 0.0729. The maximum absolute atomic E-state index is 13.7. The molecule has 0 bridgehead atoms. The molecule has 184 valence electrons.